The van der Waals surface area contributed by atoms with E-state index < -0.39 is 16.1 Å². The van der Waals surface area contributed by atoms with Crippen LogP contribution in [-0.4, -0.2) is 27.9 Å². The highest BCUT2D eigenvalue weighted by atomic mass is 35.5. The maximum atomic E-state index is 11.7. The third kappa shape index (κ3) is 4.74. The molecule has 0 radical (unpaired) electrons. The SMILES string of the molecule is COCCS(=O)(=O)NC(C)c1ccc(Cl)cc1Cl. The molecule has 0 aromatic heterocycles. The Morgan fingerprint density at radius 1 is 1.39 bits per heavy atom. The van der Waals surface area contributed by atoms with Gasteiger partial charge in [-0.25, -0.2) is 13.1 Å². The Balaban J connectivity index is 2.79. The van der Waals surface area contributed by atoms with Crippen molar-refractivity contribution in [2.45, 2.75) is 13.0 Å². The van der Waals surface area contributed by atoms with Crippen LogP contribution in [0.5, 0.6) is 0 Å². The van der Waals surface area contributed by atoms with E-state index in [1.54, 1.807) is 25.1 Å². The van der Waals surface area contributed by atoms with Crippen LogP contribution >= 0.6 is 23.2 Å². The maximum absolute atomic E-state index is 11.7. The quantitative estimate of drug-likeness (QED) is 0.878. The summed E-state index contributed by atoms with van der Waals surface area (Å²) in [6, 6.07) is 4.53. The van der Waals surface area contributed by atoms with Gasteiger partial charge in [-0.1, -0.05) is 29.3 Å². The van der Waals surface area contributed by atoms with E-state index in [4.69, 9.17) is 27.9 Å². The number of sulfonamides is 1. The smallest absolute Gasteiger partial charge is 0.214 e. The fourth-order valence-corrected chi connectivity index (χ4v) is 3.18. The number of methoxy groups -OCH3 is 1. The van der Waals surface area contributed by atoms with E-state index in [1.807, 2.05) is 0 Å². The zero-order valence-corrected chi connectivity index (χ0v) is 12.4. The molecule has 102 valence electrons. The van der Waals surface area contributed by atoms with Gasteiger partial charge in [0.25, 0.3) is 0 Å². The second-order valence-corrected chi connectivity index (χ2v) is 6.53. The van der Waals surface area contributed by atoms with Crippen LogP contribution in [0.2, 0.25) is 10.0 Å². The Kier molecular flexibility index (Phi) is 5.88. The Morgan fingerprint density at radius 2 is 2.06 bits per heavy atom. The van der Waals surface area contributed by atoms with Crippen LogP contribution in [-0.2, 0) is 14.8 Å². The van der Waals surface area contributed by atoms with Gasteiger partial charge in [0, 0.05) is 23.2 Å². The normalized spacial score (nSPS) is 13.6. The van der Waals surface area contributed by atoms with Crippen molar-refractivity contribution in [2.75, 3.05) is 19.5 Å². The molecule has 1 N–H and O–H groups in total. The molecule has 1 unspecified atom stereocenters. The monoisotopic (exact) mass is 311 g/mol. The van der Waals surface area contributed by atoms with Gasteiger partial charge in [-0.05, 0) is 24.6 Å². The maximum Gasteiger partial charge on any atom is 0.214 e. The van der Waals surface area contributed by atoms with Crippen molar-refractivity contribution < 1.29 is 13.2 Å². The Labute approximate surface area is 117 Å². The van der Waals surface area contributed by atoms with Gasteiger partial charge in [-0.15, -0.1) is 0 Å². The summed E-state index contributed by atoms with van der Waals surface area (Å²) in [5.41, 5.74) is 0.682. The van der Waals surface area contributed by atoms with Crippen molar-refractivity contribution in [1.82, 2.24) is 4.72 Å². The standard InChI is InChI=1S/C11H15Cl2NO3S/c1-8(14-18(15,16)6-5-17-2)10-4-3-9(12)7-11(10)13/h3-4,7-8,14H,5-6H2,1-2H3. The summed E-state index contributed by atoms with van der Waals surface area (Å²) in [6.07, 6.45) is 0. The van der Waals surface area contributed by atoms with E-state index in [0.29, 0.717) is 15.6 Å². The van der Waals surface area contributed by atoms with Crippen LogP contribution in [0.3, 0.4) is 0 Å². The summed E-state index contributed by atoms with van der Waals surface area (Å²) in [4.78, 5) is 0. The van der Waals surface area contributed by atoms with E-state index in [9.17, 15) is 8.42 Å². The summed E-state index contributed by atoms with van der Waals surface area (Å²) in [7, 11) is -1.93. The third-order valence-corrected chi connectivity index (χ3v) is 4.32. The van der Waals surface area contributed by atoms with Crippen molar-refractivity contribution in [3.63, 3.8) is 0 Å². The highest BCUT2D eigenvalue weighted by Crippen LogP contribution is 2.26. The molecule has 0 bridgehead atoms. The minimum atomic E-state index is -3.38. The van der Waals surface area contributed by atoms with Gasteiger partial charge in [-0.2, -0.15) is 0 Å². The number of hydrogen-bond acceptors (Lipinski definition) is 3. The van der Waals surface area contributed by atoms with E-state index in [-0.39, 0.29) is 12.4 Å². The second-order valence-electron chi connectivity index (χ2n) is 3.82. The van der Waals surface area contributed by atoms with Crippen molar-refractivity contribution >= 4 is 33.2 Å². The van der Waals surface area contributed by atoms with E-state index in [0.717, 1.165) is 0 Å². The summed E-state index contributed by atoms with van der Waals surface area (Å²) >= 11 is 11.8. The molecule has 0 saturated heterocycles. The fraction of sp³-hybridized carbons (Fsp3) is 0.455. The van der Waals surface area contributed by atoms with E-state index >= 15 is 0 Å². The number of benzene rings is 1. The first kappa shape index (κ1) is 15.7. The molecule has 0 aliphatic heterocycles. The highest BCUT2D eigenvalue weighted by molar-refractivity contribution is 7.89. The number of halogens is 2. The molecule has 0 fully saturated rings. The number of hydrogen-bond donors (Lipinski definition) is 1. The first-order valence-corrected chi connectivity index (χ1v) is 7.70. The zero-order chi connectivity index (χ0) is 13.8. The predicted octanol–water partition coefficient (Wildman–Crippen LogP) is 2.62. The first-order valence-electron chi connectivity index (χ1n) is 5.29. The minimum Gasteiger partial charge on any atom is -0.384 e. The Hall–Kier alpha value is -0.330. The Morgan fingerprint density at radius 3 is 2.61 bits per heavy atom. The largest absolute Gasteiger partial charge is 0.384 e. The molecule has 0 heterocycles. The number of rotatable bonds is 6. The molecule has 18 heavy (non-hydrogen) atoms. The molecule has 0 aliphatic carbocycles. The molecule has 1 atom stereocenters. The molecule has 4 nitrogen and oxygen atoms in total. The molecule has 1 rings (SSSR count). The van der Waals surface area contributed by atoms with Crippen LogP contribution < -0.4 is 4.72 Å². The molecule has 7 heteroatoms. The lowest BCUT2D eigenvalue weighted by Gasteiger charge is -2.16. The van der Waals surface area contributed by atoms with Gasteiger partial charge in [0.2, 0.25) is 10.0 Å². The predicted molar refractivity (Wildman–Crippen MR) is 73.7 cm³/mol. The summed E-state index contributed by atoms with van der Waals surface area (Å²) < 4.78 is 30.7. The average Bonchev–Trinajstić information content (AvgIpc) is 2.25. The third-order valence-electron chi connectivity index (χ3n) is 2.34. The van der Waals surface area contributed by atoms with Crippen molar-refractivity contribution in [3.8, 4) is 0 Å². The van der Waals surface area contributed by atoms with Crippen LogP contribution in [0.25, 0.3) is 0 Å². The summed E-state index contributed by atoms with van der Waals surface area (Å²) in [6.45, 7) is 1.87. The van der Waals surface area contributed by atoms with E-state index in [1.165, 1.54) is 7.11 Å². The minimum absolute atomic E-state index is 0.0843. The second kappa shape index (κ2) is 6.73. The summed E-state index contributed by atoms with van der Waals surface area (Å²) in [5, 5.41) is 0.947. The molecule has 1 aromatic carbocycles. The van der Waals surface area contributed by atoms with Crippen molar-refractivity contribution in [2.24, 2.45) is 0 Å². The lowest BCUT2D eigenvalue weighted by molar-refractivity contribution is 0.216. The van der Waals surface area contributed by atoms with Crippen molar-refractivity contribution in [3.05, 3.63) is 33.8 Å². The highest BCUT2D eigenvalue weighted by Gasteiger charge is 2.17. The lowest BCUT2D eigenvalue weighted by atomic mass is 10.1. The van der Waals surface area contributed by atoms with Gasteiger partial charge < -0.3 is 4.74 Å². The van der Waals surface area contributed by atoms with Gasteiger partial charge in [-0.3, -0.25) is 0 Å². The van der Waals surface area contributed by atoms with Gasteiger partial charge >= 0.3 is 0 Å². The molecule has 0 spiro atoms. The fourth-order valence-electron chi connectivity index (χ4n) is 1.44. The molecule has 0 aliphatic rings. The molecular weight excluding hydrogens is 297 g/mol. The van der Waals surface area contributed by atoms with Crippen LogP contribution in [0.4, 0.5) is 0 Å². The van der Waals surface area contributed by atoms with Gasteiger partial charge in [0.15, 0.2) is 0 Å². The molecule has 1 aromatic rings. The molecule has 0 amide bonds. The number of ether oxygens (including phenoxy) is 1. The van der Waals surface area contributed by atoms with Crippen molar-refractivity contribution in [1.29, 1.82) is 0 Å². The van der Waals surface area contributed by atoms with Gasteiger partial charge in [0.05, 0.1) is 12.4 Å². The molecule has 0 saturated carbocycles. The topological polar surface area (TPSA) is 55.4 Å². The Bertz CT molecular complexity index is 505. The van der Waals surface area contributed by atoms with Crippen LogP contribution in [0, 0.1) is 0 Å². The van der Waals surface area contributed by atoms with E-state index in [2.05, 4.69) is 4.72 Å². The first-order chi connectivity index (χ1) is 8.35. The zero-order valence-electron chi connectivity index (χ0n) is 10.1. The molecular formula is C11H15Cl2NO3S. The van der Waals surface area contributed by atoms with Gasteiger partial charge in [0.1, 0.15) is 0 Å². The van der Waals surface area contributed by atoms with Crippen LogP contribution in [0.15, 0.2) is 18.2 Å². The average molecular weight is 312 g/mol. The van der Waals surface area contributed by atoms with Crippen LogP contribution in [0.1, 0.15) is 18.5 Å². The number of nitrogens with one attached hydrogen (secondary N) is 1. The lowest BCUT2D eigenvalue weighted by Crippen LogP contribution is -2.30. The summed E-state index contributed by atoms with van der Waals surface area (Å²) in [5.74, 6) is -0.0843.